The zero-order valence-electron chi connectivity index (χ0n) is 12.9. The second-order valence-corrected chi connectivity index (χ2v) is 4.63. The van der Waals surface area contributed by atoms with Crippen LogP contribution in [0.25, 0.3) is 6.08 Å². The van der Waals surface area contributed by atoms with Gasteiger partial charge < -0.3 is 14.8 Å². The number of nitrogens with one attached hydrogen (secondary N) is 1. The minimum atomic E-state index is -0.260. The Labute approximate surface area is 134 Å². The van der Waals surface area contributed by atoms with E-state index in [1.54, 1.807) is 56.7 Å². The number of anilines is 1. The highest BCUT2D eigenvalue weighted by molar-refractivity contribution is 6.01. The summed E-state index contributed by atoms with van der Waals surface area (Å²) in [5, 5.41) is 11.5. The summed E-state index contributed by atoms with van der Waals surface area (Å²) in [6.45, 7) is 0. The molecule has 0 fully saturated rings. The molecule has 0 saturated carbocycles. The number of benzene rings is 2. The van der Waals surface area contributed by atoms with E-state index < -0.39 is 0 Å². The molecule has 23 heavy (non-hydrogen) atoms. The number of hydrogen-bond acceptors (Lipinski definition) is 4. The Hall–Kier alpha value is -3.26. The summed E-state index contributed by atoms with van der Waals surface area (Å²) in [7, 11) is 3.13. The van der Waals surface area contributed by atoms with Gasteiger partial charge in [0.05, 0.1) is 25.9 Å². The van der Waals surface area contributed by atoms with Crippen molar-refractivity contribution in [3.63, 3.8) is 0 Å². The van der Waals surface area contributed by atoms with Crippen molar-refractivity contribution in [3.8, 4) is 17.6 Å². The maximum absolute atomic E-state index is 11.9. The molecule has 116 valence electrons. The van der Waals surface area contributed by atoms with Gasteiger partial charge >= 0.3 is 0 Å². The molecule has 0 spiro atoms. The van der Waals surface area contributed by atoms with Crippen LogP contribution in [0.1, 0.15) is 11.1 Å². The third kappa shape index (κ3) is 4.35. The highest BCUT2D eigenvalue weighted by Gasteiger charge is 2.03. The summed E-state index contributed by atoms with van der Waals surface area (Å²) >= 11 is 0. The van der Waals surface area contributed by atoms with E-state index >= 15 is 0 Å². The molecule has 0 atom stereocenters. The number of nitrogens with zero attached hydrogens (tertiary/aromatic N) is 1. The molecule has 0 unspecified atom stereocenters. The van der Waals surface area contributed by atoms with Gasteiger partial charge in [0.2, 0.25) is 5.91 Å². The molecular weight excluding hydrogens is 292 g/mol. The van der Waals surface area contributed by atoms with Crippen LogP contribution in [-0.2, 0) is 4.79 Å². The van der Waals surface area contributed by atoms with E-state index in [-0.39, 0.29) is 5.91 Å². The Balaban J connectivity index is 2.04. The standard InChI is InChI=1S/C18H16N2O3/c1-22-16-9-5-13(11-17(16)23-2)6-10-18(21)20-15-7-3-14(12-19)4-8-15/h3-11H,1-2H3,(H,20,21)/b10-6+. The fourth-order valence-corrected chi connectivity index (χ4v) is 1.94. The van der Waals surface area contributed by atoms with Crippen molar-refractivity contribution >= 4 is 17.7 Å². The fourth-order valence-electron chi connectivity index (χ4n) is 1.94. The van der Waals surface area contributed by atoms with Crippen molar-refractivity contribution in [3.05, 3.63) is 59.7 Å². The maximum Gasteiger partial charge on any atom is 0.248 e. The molecule has 5 nitrogen and oxygen atoms in total. The van der Waals surface area contributed by atoms with Crippen LogP contribution >= 0.6 is 0 Å². The summed E-state index contributed by atoms with van der Waals surface area (Å²) in [6.07, 6.45) is 3.11. The molecule has 0 aliphatic heterocycles. The lowest BCUT2D eigenvalue weighted by molar-refractivity contribution is -0.111. The number of amides is 1. The topological polar surface area (TPSA) is 71.3 Å². The first-order chi connectivity index (χ1) is 11.2. The Morgan fingerprint density at radius 3 is 2.39 bits per heavy atom. The van der Waals surface area contributed by atoms with Gasteiger partial charge in [0.25, 0.3) is 0 Å². The lowest BCUT2D eigenvalue weighted by Crippen LogP contribution is -2.07. The number of nitriles is 1. The van der Waals surface area contributed by atoms with Crippen LogP contribution in [0.15, 0.2) is 48.5 Å². The third-order valence-electron chi connectivity index (χ3n) is 3.12. The lowest BCUT2D eigenvalue weighted by atomic mass is 10.2. The zero-order chi connectivity index (χ0) is 16.7. The van der Waals surface area contributed by atoms with Crippen LogP contribution in [0.2, 0.25) is 0 Å². The Morgan fingerprint density at radius 1 is 1.09 bits per heavy atom. The summed E-state index contributed by atoms with van der Waals surface area (Å²) < 4.78 is 10.4. The van der Waals surface area contributed by atoms with Crippen LogP contribution in [0.5, 0.6) is 11.5 Å². The first kappa shape index (κ1) is 16.1. The van der Waals surface area contributed by atoms with Crippen LogP contribution in [0, 0.1) is 11.3 Å². The normalized spacial score (nSPS) is 10.1. The average molecular weight is 308 g/mol. The zero-order valence-corrected chi connectivity index (χ0v) is 12.9. The second kappa shape index (κ2) is 7.66. The van der Waals surface area contributed by atoms with E-state index in [1.165, 1.54) is 6.08 Å². The van der Waals surface area contributed by atoms with Crippen molar-refractivity contribution in [1.82, 2.24) is 0 Å². The van der Waals surface area contributed by atoms with E-state index in [0.29, 0.717) is 22.7 Å². The van der Waals surface area contributed by atoms with Crippen LogP contribution in [0.3, 0.4) is 0 Å². The fraction of sp³-hybridized carbons (Fsp3) is 0.111. The van der Waals surface area contributed by atoms with Crippen molar-refractivity contribution < 1.29 is 14.3 Å². The highest BCUT2D eigenvalue weighted by Crippen LogP contribution is 2.27. The molecule has 0 aliphatic rings. The summed E-state index contributed by atoms with van der Waals surface area (Å²) in [4.78, 5) is 11.9. The van der Waals surface area contributed by atoms with E-state index in [9.17, 15) is 4.79 Å². The van der Waals surface area contributed by atoms with Gasteiger partial charge in [-0.2, -0.15) is 5.26 Å². The molecule has 2 aromatic carbocycles. The van der Waals surface area contributed by atoms with Gasteiger partial charge in [-0.05, 0) is 48.0 Å². The minimum Gasteiger partial charge on any atom is -0.493 e. The largest absolute Gasteiger partial charge is 0.493 e. The molecule has 0 aliphatic carbocycles. The molecule has 1 amide bonds. The van der Waals surface area contributed by atoms with Gasteiger partial charge in [0, 0.05) is 11.8 Å². The monoisotopic (exact) mass is 308 g/mol. The molecule has 2 rings (SSSR count). The Bertz CT molecular complexity index is 759. The third-order valence-corrected chi connectivity index (χ3v) is 3.12. The molecule has 0 radical (unpaired) electrons. The van der Waals surface area contributed by atoms with Crippen LogP contribution in [-0.4, -0.2) is 20.1 Å². The smallest absolute Gasteiger partial charge is 0.248 e. The quantitative estimate of drug-likeness (QED) is 0.861. The molecule has 0 heterocycles. The van der Waals surface area contributed by atoms with Crippen molar-refractivity contribution in [2.45, 2.75) is 0 Å². The number of hydrogen-bond donors (Lipinski definition) is 1. The van der Waals surface area contributed by atoms with Crippen molar-refractivity contribution in [2.24, 2.45) is 0 Å². The van der Waals surface area contributed by atoms with Gasteiger partial charge in [0.15, 0.2) is 11.5 Å². The number of rotatable bonds is 5. The molecule has 0 aromatic heterocycles. The van der Waals surface area contributed by atoms with Gasteiger partial charge in [0.1, 0.15) is 0 Å². The molecule has 0 saturated heterocycles. The molecule has 5 heteroatoms. The predicted octanol–water partition coefficient (Wildman–Crippen LogP) is 3.23. The number of methoxy groups -OCH3 is 2. The van der Waals surface area contributed by atoms with Gasteiger partial charge in [-0.25, -0.2) is 0 Å². The summed E-state index contributed by atoms with van der Waals surface area (Å²) in [6, 6.07) is 14.1. The van der Waals surface area contributed by atoms with E-state index in [0.717, 1.165) is 5.56 Å². The Kier molecular flexibility index (Phi) is 5.37. The van der Waals surface area contributed by atoms with Gasteiger partial charge in [-0.3, -0.25) is 4.79 Å². The minimum absolute atomic E-state index is 0.260. The predicted molar refractivity (Wildman–Crippen MR) is 88.4 cm³/mol. The Morgan fingerprint density at radius 2 is 1.78 bits per heavy atom. The molecule has 0 bridgehead atoms. The van der Waals surface area contributed by atoms with Crippen molar-refractivity contribution in [2.75, 3.05) is 19.5 Å². The SMILES string of the molecule is COc1ccc(/C=C/C(=O)Nc2ccc(C#N)cc2)cc1OC. The highest BCUT2D eigenvalue weighted by atomic mass is 16.5. The maximum atomic E-state index is 11.9. The first-order valence-corrected chi connectivity index (χ1v) is 6.87. The van der Waals surface area contributed by atoms with Gasteiger partial charge in [-0.1, -0.05) is 6.07 Å². The van der Waals surface area contributed by atoms with E-state index in [1.807, 2.05) is 12.1 Å². The first-order valence-electron chi connectivity index (χ1n) is 6.87. The van der Waals surface area contributed by atoms with E-state index in [2.05, 4.69) is 5.32 Å². The van der Waals surface area contributed by atoms with Crippen molar-refractivity contribution in [1.29, 1.82) is 5.26 Å². The number of ether oxygens (including phenoxy) is 2. The number of carbonyl (C=O) groups is 1. The average Bonchev–Trinajstić information content (AvgIpc) is 2.60. The number of carbonyl (C=O) groups excluding carboxylic acids is 1. The summed E-state index contributed by atoms with van der Waals surface area (Å²) in [5.74, 6) is 0.971. The second-order valence-electron chi connectivity index (χ2n) is 4.63. The van der Waals surface area contributed by atoms with Crippen LogP contribution in [0.4, 0.5) is 5.69 Å². The summed E-state index contributed by atoms with van der Waals surface area (Å²) in [5.41, 5.74) is 1.99. The van der Waals surface area contributed by atoms with E-state index in [4.69, 9.17) is 14.7 Å². The molecular formula is C18H16N2O3. The lowest BCUT2D eigenvalue weighted by Gasteiger charge is -2.07. The van der Waals surface area contributed by atoms with Gasteiger partial charge in [-0.15, -0.1) is 0 Å². The molecule has 2 aromatic rings. The van der Waals surface area contributed by atoms with Crippen LogP contribution < -0.4 is 14.8 Å². The molecule has 1 N–H and O–H groups in total.